The van der Waals surface area contributed by atoms with Gasteiger partial charge in [0, 0.05) is 6.42 Å². The molecule has 0 bridgehead atoms. The van der Waals surface area contributed by atoms with E-state index in [1.165, 1.54) is 83.5 Å². The molecule has 0 aromatic rings. The molecule has 0 unspecified atom stereocenters. The molecule has 0 N–H and O–H groups in total. The van der Waals surface area contributed by atoms with Gasteiger partial charge in [0.05, 0.1) is 6.61 Å². The van der Waals surface area contributed by atoms with Crippen LogP contribution in [-0.2, 0) is 9.53 Å². The van der Waals surface area contributed by atoms with Crippen molar-refractivity contribution in [2.45, 2.75) is 117 Å². The lowest BCUT2D eigenvalue weighted by molar-refractivity contribution is -0.143. The minimum atomic E-state index is 0.0107. The molecule has 0 aliphatic rings. The van der Waals surface area contributed by atoms with Crippen molar-refractivity contribution >= 4 is 5.97 Å². The first kappa shape index (κ1) is 21.5. The highest BCUT2D eigenvalue weighted by Gasteiger charge is 2.02. The standard InChI is InChI=1S/C20H40O2/c1-3-5-7-9-11-13-15-17-19-22-20(21)18-16-14-12-10-8-6-4-2/h3-19H2,1-2H3. The number of rotatable bonds is 17. The molecule has 0 aliphatic carbocycles. The van der Waals surface area contributed by atoms with Crippen molar-refractivity contribution in [2.75, 3.05) is 6.61 Å². The molecule has 22 heavy (non-hydrogen) atoms. The van der Waals surface area contributed by atoms with Crippen molar-refractivity contribution in [3.63, 3.8) is 0 Å². The fraction of sp³-hybridized carbons (Fsp3) is 0.950. The first-order chi connectivity index (χ1) is 10.8. The number of hydrogen-bond acceptors (Lipinski definition) is 2. The molecular weight excluding hydrogens is 272 g/mol. The van der Waals surface area contributed by atoms with Crippen LogP contribution < -0.4 is 0 Å². The average Bonchev–Trinajstić information content (AvgIpc) is 2.52. The summed E-state index contributed by atoms with van der Waals surface area (Å²) < 4.78 is 5.29. The van der Waals surface area contributed by atoms with E-state index in [2.05, 4.69) is 13.8 Å². The number of esters is 1. The molecule has 0 radical (unpaired) electrons. The summed E-state index contributed by atoms with van der Waals surface area (Å²) in [7, 11) is 0. The van der Waals surface area contributed by atoms with E-state index in [0.29, 0.717) is 13.0 Å². The summed E-state index contributed by atoms with van der Waals surface area (Å²) in [5, 5.41) is 0. The highest BCUT2D eigenvalue weighted by Crippen LogP contribution is 2.10. The maximum absolute atomic E-state index is 11.6. The predicted octanol–water partition coefficient (Wildman–Crippen LogP) is 6.81. The maximum atomic E-state index is 11.6. The highest BCUT2D eigenvalue weighted by atomic mass is 16.5. The van der Waals surface area contributed by atoms with E-state index in [4.69, 9.17) is 4.74 Å². The van der Waals surface area contributed by atoms with Crippen LogP contribution >= 0.6 is 0 Å². The zero-order valence-corrected chi connectivity index (χ0v) is 15.3. The number of carbonyl (C=O) groups is 1. The maximum Gasteiger partial charge on any atom is 0.305 e. The van der Waals surface area contributed by atoms with Gasteiger partial charge in [0.2, 0.25) is 0 Å². The van der Waals surface area contributed by atoms with Crippen molar-refractivity contribution in [3.8, 4) is 0 Å². The molecule has 0 rings (SSSR count). The summed E-state index contributed by atoms with van der Waals surface area (Å²) in [6.45, 7) is 5.12. The molecule has 2 heteroatoms. The summed E-state index contributed by atoms with van der Waals surface area (Å²) in [6.07, 6.45) is 19.7. The van der Waals surface area contributed by atoms with Gasteiger partial charge in [-0.3, -0.25) is 4.79 Å². The SMILES string of the molecule is CCCCCCCCCCOC(=O)CCCCCCCCC. The molecule has 0 aromatic heterocycles. The molecular formula is C20H40O2. The predicted molar refractivity (Wildman–Crippen MR) is 96.2 cm³/mol. The number of unbranched alkanes of at least 4 members (excludes halogenated alkanes) is 13. The van der Waals surface area contributed by atoms with Gasteiger partial charge in [0.15, 0.2) is 0 Å². The van der Waals surface area contributed by atoms with E-state index in [0.717, 1.165) is 12.8 Å². The van der Waals surface area contributed by atoms with Gasteiger partial charge in [-0.2, -0.15) is 0 Å². The second-order valence-corrected chi connectivity index (χ2v) is 6.57. The summed E-state index contributed by atoms with van der Waals surface area (Å²) in [5.41, 5.74) is 0. The summed E-state index contributed by atoms with van der Waals surface area (Å²) in [6, 6.07) is 0. The van der Waals surface area contributed by atoms with Crippen LogP contribution in [0.3, 0.4) is 0 Å². The van der Waals surface area contributed by atoms with Gasteiger partial charge in [0.25, 0.3) is 0 Å². The monoisotopic (exact) mass is 312 g/mol. The third-order valence-corrected chi connectivity index (χ3v) is 4.25. The van der Waals surface area contributed by atoms with E-state index in [9.17, 15) is 4.79 Å². The Kier molecular flexibility index (Phi) is 18.1. The van der Waals surface area contributed by atoms with Crippen molar-refractivity contribution in [1.29, 1.82) is 0 Å². The third-order valence-electron chi connectivity index (χ3n) is 4.25. The van der Waals surface area contributed by atoms with Gasteiger partial charge in [-0.25, -0.2) is 0 Å². The van der Waals surface area contributed by atoms with Gasteiger partial charge < -0.3 is 4.74 Å². The molecule has 0 amide bonds. The quantitative estimate of drug-likeness (QED) is 0.218. The number of hydrogen-bond donors (Lipinski definition) is 0. The van der Waals surface area contributed by atoms with E-state index >= 15 is 0 Å². The van der Waals surface area contributed by atoms with E-state index in [1.54, 1.807) is 0 Å². The normalized spacial score (nSPS) is 10.8. The third kappa shape index (κ3) is 17.5. The van der Waals surface area contributed by atoms with Crippen LogP contribution in [0.5, 0.6) is 0 Å². The Morgan fingerprint density at radius 2 is 1.00 bits per heavy atom. The zero-order chi connectivity index (χ0) is 16.3. The van der Waals surface area contributed by atoms with Crippen LogP contribution in [0.1, 0.15) is 117 Å². The van der Waals surface area contributed by atoms with Crippen LogP contribution in [0.4, 0.5) is 0 Å². The molecule has 0 fully saturated rings. The molecule has 0 heterocycles. The minimum absolute atomic E-state index is 0.0107. The molecule has 0 atom stereocenters. The highest BCUT2D eigenvalue weighted by molar-refractivity contribution is 5.69. The summed E-state index contributed by atoms with van der Waals surface area (Å²) in [5.74, 6) is 0.0107. The summed E-state index contributed by atoms with van der Waals surface area (Å²) in [4.78, 5) is 11.6. The van der Waals surface area contributed by atoms with Crippen LogP contribution in [0.2, 0.25) is 0 Å². The van der Waals surface area contributed by atoms with Crippen LogP contribution in [0.25, 0.3) is 0 Å². The second-order valence-electron chi connectivity index (χ2n) is 6.57. The topological polar surface area (TPSA) is 26.3 Å². The molecule has 0 saturated heterocycles. The Morgan fingerprint density at radius 1 is 0.591 bits per heavy atom. The first-order valence-corrected chi connectivity index (χ1v) is 9.96. The molecule has 0 spiro atoms. The van der Waals surface area contributed by atoms with Gasteiger partial charge in [-0.15, -0.1) is 0 Å². The van der Waals surface area contributed by atoms with Gasteiger partial charge in [0.1, 0.15) is 0 Å². The van der Waals surface area contributed by atoms with Crippen molar-refractivity contribution in [1.82, 2.24) is 0 Å². The van der Waals surface area contributed by atoms with Crippen molar-refractivity contribution < 1.29 is 9.53 Å². The van der Waals surface area contributed by atoms with E-state index in [-0.39, 0.29) is 5.97 Å². The van der Waals surface area contributed by atoms with Crippen LogP contribution in [0, 0.1) is 0 Å². The Balaban J connectivity index is 3.13. The van der Waals surface area contributed by atoms with Crippen molar-refractivity contribution in [3.05, 3.63) is 0 Å². The molecule has 0 saturated carbocycles. The Labute approximate surface area is 139 Å². The van der Waals surface area contributed by atoms with E-state index < -0.39 is 0 Å². The Bertz CT molecular complexity index is 226. The Morgan fingerprint density at radius 3 is 1.50 bits per heavy atom. The average molecular weight is 313 g/mol. The number of carbonyl (C=O) groups excluding carboxylic acids is 1. The zero-order valence-electron chi connectivity index (χ0n) is 15.3. The van der Waals surface area contributed by atoms with Gasteiger partial charge in [-0.05, 0) is 12.8 Å². The lowest BCUT2D eigenvalue weighted by Gasteiger charge is -2.05. The number of ether oxygens (including phenoxy) is 1. The summed E-state index contributed by atoms with van der Waals surface area (Å²) >= 11 is 0. The van der Waals surface area contributed by atoms with Crippen LogP contribution in [-0.4, -0.2) is 12.6 Å². The lowest BCUT2D eigenvalue weighted by atomic mass is 10.1. The fourth-order valence-electron chi connectivity index (χ4n) is 2.72. The molecule has 0 aromatic carbocycles. The second kappa shape index (κ2) is 18.5. The smallest absolute Gasteiger partial charge is 0.305 e. The molecule has 0 aliphatic heterocycles. The Hall–Kier alpha value is -0.530. The largest absolute Gasteiger partial charge is 0.466 e. The minimum Gasteiger partial charge on any atom is -0.466 e. The fourth-order valence-corrected chi connectivity index (χ4v) is 2.72. The van der Waals surface area contributed by atoms with Gasteiger partial charge in [-0.1, -0.05) is 97.3 Å². The van der Waals surface area contributed by atoms with Gasteiger partial charge >= 0.3 is 5.97 Å². The molecule has 132 valence electrons. The van der Waals surface area contributed by atoms with E-state index in [1.807, 2.05) is 0 Å². The van der Waals surface area contributed by atoms with Crippen molar-refractivity contribution in [2.24, 2.45) is 0 Å². The molecule has 2 nitrogen and oxygen atoms in total. The first-order valence-electron chi connectivity index (χ1n) is 9.96. The van der Waals surface area contributed by atoms with Crippen LogP contribution in [0.15, 0.2) is 0 Å². The lowest BCUT2D eigenvalue weighted by Crippen LogP contribution is -2.05.